The van der Waals surface area contributed by atoms with Crippen molar-refractivity contribution in [3.05, 3.63) is 47.2 Å². The molecule has 0 saturated heterocycles. The molecule has 0 aliphatic carbocycles. The minimum atomic E-state index is -1.00. The third-order valence-electron chi connectivity index (χ3n) is 3.49. The van der Waals surface area contributed by atoms with Crippen molar-refractivity contribution in [1.82, 2.24) is 9.80 Å². The molecule has 0 aromatic heterocycles. The number of aliphatic carboxylic acids is 1. The summed E-state index contributed by atoms with van der Waals surface area (Å²) in [6.45, 7) is 1.66. The van der Waals surface area contributed by atoms with E-state index in [0.717, 1.165) is 5.56 Å². The first-order valence-corrected chi connectivity index (χ1v) is 5.94. The van der Waals surface area contributed by atoms with Gasteiger partial charge >= 0.3 is 12.0 Å². The average Bonchev–Trinajstić information content (AvgIpc) is 2.40. The van der Waals surface area contributed by atoms with Crippen molar-refractivity contribution in [2.45, 2.75) is 13.0 Å². The highest BCUT2D eigenvalue weighted by Crippen LogP contribution is 2.35. The zero-order chi connectivity index (χ0) is 14.2. The Morgan fingerprint density at radius 3 is 2.32 bits per heavy atom. The van der Waals surface area contributed by atoms with Crippen LogP contribution in [0.1, 0.15) is 18.5 Å². The molecule has 19 heavy (non-hydrogen) atoms. The molecule has 100 valence electrons. The van der Waals surface area contributed by atoms with Crippen molar-refractivity contribution in [1.29, 1.82) is 0 Å². The van der Waals surface area contributed by atoms with Gasteiger partial charge in [-0.3, -0.25) is 0 Å². The van der Waals surface area contributed by atoms with E-state index in [1.165, 1.54) is 9.80 Å². The van der Waals surface area contributed by atoms with Gasteiger partial charge in [0, 0.05) is 19.8 Å². The number of nitrogens with zero attached hydrogens (tertiary/aromatic N) is 2. The maximum Gasteiger partial charge on any atom is 0.335 e. The quantitative estimate of drug-likeness (QED) is 0.885. The van der Waals surface area contributed by atoms with Crippen molar-refractivity contribution in [3.8, 4) is 0 Å². The van der Waals surface area contributed by atoms with Gasteiger partial charge in [-0.2, -0.15) is 0 Å². The van der Waals surface area contributed by atoms with Crippen molar-refractivity contribution in [2.24, 2.45) is 0 Å². The number of hydrogen-bond donors (Lipinski definition) is 1. The Kier molecular flexibility index (Phi) is 3.29. The highest BCUT2D eigenvalue weighted by atomic mass is 16.4. The first kappa shape index (κ1) is 13.1. The molecule has 5 nitrogen and oxygen atoms in total. The van der Waals surface area contributed by atoms with Crippen LogP contribution >= 0.6 is 0 Å². The van der Waals surface area contributed by atoms with Crippen LogP contribution in [0.15, 0.2) is 41.6 Å². The summed E-state index contributed by atoms with van der Waals surface area (Å²) in [5.74, 6) is -1.00. The predicted octanol–water partition coefficient (Wildman–Crippen LogP) is 2.08. The number of urea groups is 1. The lowest BCUT2D eigenvalue weighted by Crippen LogP contribution is -2.47. The predicted molar refractivity (Wildman–Crippen MR) is 70.4 cm³/mol. The lowest BCUT2D eigenvalue weighted by Gasteiger charge is -2.39. The van der Waals surface area contributed by atoms with Crippen molar-refractivity contribution >= 4 is 12.0 Å². The fourth-order valence-corrected chi connectivity index (χ4v) is 2.36. The lowest BCUT2D eigenvalue weighted by molar-refractivity contribution is -0.133. The second kappa shape index (κ2) is 4.76. The largest absolute Gasteiger partial charge is 0.478 e. The molecule has 0 radical (unpaired) electrons. The van der Waals surface area contributed by atoms with Gasteiger partial charge in [0.05, 0.1) is 11.6 Å². The zero-order valence-corrected chi connectivity index (χ0v) is 11.1. The first-order chi connectivity index (χ1) is 8.95. The summed E-state index contributed by atoms with van der Waals surface area (Å²) < 4.78 is 0. The van der Waals surface area contributed by atoms with Crippen LogP contribution in [-0.4, -0.2) is 41.0 Å². The molecule has 1 atom stereocenters. The van der Waals surface area contributed by atoms with Gasteiger partial charge in [-0.05, 0) is 12.5 Å². The van der Waals surface area contributed by atoms with Crippen LogP contribution < -0.4 is 0 Å². The molecule has 1 aliphatic rings. The Labute approximate surface area is 111 Å². The zero-order valence-electron chi connectivity index (χ0n) is 11.1. The van der Waals surface area contributed by atoms with Crippen LogP contribution in [0.3, 0.4) is 0 Å². The highest BCUT2D eigenvalue weighted by Gasteiger charge is 2.38. The van der Waals surface area contributed by atoms with E-state index >= 15 is 0 Å². The summed E-state index contributed by atoms with van der Waals surface area (Å²) in [6, 6.07) is 8.42. The maximum atomic E-state index is 12.1. The Bertz CT molecular complexity index is 551. The standard InChI is InChI=1S/C14H16N2O3/c1-9-11(13(17)18)12(10-7-5-4-6-8-10)16(3)14(19)15(9)2/h4-8,12H,1-3H3,(H,17,18). The molecule has 1 aromatic carbocycles. The van der Waals surface area contributed by atoms with Crippen LogP contribution in [0, 0.1) is 0 Å². The molecule has 0 spiro atoms. The number of carbonyl (C=O) groups is 2. The number of allylic oxidation sites excluding steroid dienone is 1. The van der Waals surface area contributed by atoms with Crippen LogP contribution in [-0.2, 0) is 4.79 Å². The normalized spacial score (nSPS) is 19.9. The number of carboxylic acids is 1. The Balaban J connectivity index is 2.62. The molecule has 1 aromatic rings. The fraction of sp³-hybridized carbons (Fsp3) is 0.286. The number of benzene rings is 1. The van der Waals surface area contributed by atoms with Gasteiger partial charge < -0.3 is 14.9 Å². The van der Waals surface area contributed by atoms with Crippen LogP contribution in [0.4, 0.5) is 4.79 Å². The molecule has 0 bridgehead atoms. The van der Waals surface area contributed by atoms with Gasteiger partial charge in [-0.25, -0.2) is 9.59 Å². The summed E-state index contributed by atoms with van der Waals surface area (Å²) in [5, 5.41) is 9.44. The molecule has 2 rings (SSSR count). The summed E-state index contributed by atoms with van der Waals surface area (Å²) >= 11 is 0. The fourth-order valence-electron chi connectivity index (χ4n) is 2.36. The number of carbonyl (C=O) groups excluding carboxylic acids is 1. The molecular formula is C14H16N2O3. The SMILES string of the molecule is CC1=C(C(=O)O)C(c2ccccc2)N(C)C(=O)N1C. The Morgan fingerprint density at radius 1 is 1.21 bits per heavy atom. The number of hydrogen-bond acceptors (Lipinski definition) is 2. The minimum Gasteiger partial charge on any atom is -0.478 e. The van der Waals surface area contributed by atoms with Gasteiger partial charge in [-0.1, -0.05) is 30.3 Å². The monoisotopic (exact) mass is 260 g/mol. The van der Waals surface area contributed by atoms with Crippen LogP contribution in [0.25, 0.3) is 0 Å². The molecule has 0 fully saturated rings. The number of carboxylic acid groups (broad SMARTS) is 1. The topological polar surface area (TPSA) is 60.9 Å². The molecule has 0 saturated carbocycles. The summed E-state index contributed by atoms with van der Waals surface area (Å²) in [4.78, 5) is 26.5. The lowest BCUT2D eigenvalue weighted by atomic mass is 9.94. The molecule has 1 N–H and O–H groups in total. The van der Waals surface area contributed by atoms with Gasteiger partial charge in [-0.15, -0.1) is 0 Å². The smallest absolute Gasteiger partial charge is 0.335 e. The van der Waals surface area contributed by atoms with E-state index in [1.54, 1.807) is 21.0 Å². The molecular weight excluding hydrogens is 244 g/mol. The maximum absolute atomic E-state index is 12.1. The number of rotatable bonds is 2. The minimum absolute atomic E-state index is 0.212. The Morgan fingerprint density at radius 2 is 1.79 bits per heavy atom. The second-order valence-corrected chi connectivity index (χ2v) is 4.57. The van der Waals surface area contributed by atoms with E-state index in [-0.39, 0.29) is 11.6 Å². The van der Waals surface area contributed by atoms with E-state index in [2.05, 4.69) is 0 Å². The van der Waals surface area contributed by atoms with E-state index in [4.69, 9.17) is 0 Å². The molecule has 1 unspecified atom stereocenters. The van der Waals surface area contributed by atoms with E-state index in [1.807, 2.05) is 30.3 Å². The average molecular weight is 260 g/mol. The van der Waals surface area contributed by atoms with Gasteiger partial charge in [0.1, 0.15) is 0 Å². The van der Waals surface area contributed by atoms with E-state index in [9.17, 15) is 14.7 Å². The highest BCUT2D eigenvalue weighted by molar-refractivity contribution is 5.93. The van der Waals surface area contributed by atoms with Gasteiger partial charge in [0.15, 0.2) is 0 Å². The third-order valence-corrected chi connectivity index (χ3v) is 3.49. The second-order valence-electron chi connectivity index (χ2n) is 4.57. The van der Waals surface area contributed by atoms with E-state index < -0.39 is 12.0 Å². The summed E-state index contributed by atoms with van der Waals surface area (Å²) in [7, 11) is 3.20. The van der Waals surface area contributed by atoms with Crippen LogP contribution in [0.5, 0.6) is 0 Å². The first-order valence-electron chi connectivity index (χ1n) is 5.94. The van der Waals surface area contributed by atoms with Crippen molar-refractivity contribution in [3.63, 3.8) is 0 Å². The summed E-state index contributed by atoms with van der Waals surface area (Å²) in [5.41, 5.74) is 1.50. The van der Waals surface area contributed by atoms with Crippen molar-refractivity contribution in [2.75, 3.05) is 14.1 Å². The van der Waals surface area contributed by atoms with Crippen LogP contribution in [0.2, 0.25) is 0 Å². The molecule has 1 heterocycles. The van der Waals surface area contributed by atoms with E-state index in [0.29, 0.717) is 5.70 Å². The molecule has 1 aliphatic heterocycles. The molecule has 5 heteroatoms. The van der Waals surface area contributed by atoms with Gasteiger partial charge in [0.25, 0.3) is 0 Å². The molecule has 2 amide bonds. The third kappa shape index (κ3) is 2.07. The van der Waals surface area contributed by atoms with Gasteiger partial charge in [0.2, 0.25) is 0 Å². The number of likely N-dealkylation sites (N-methyl/N-ethyl adjacent to an activating group) is 1. The number of amides is 2. The van der Waals surface area contributed by atoms with Crippen molar-refractivity contribution < 1.29 is 14.7 Å². The Hall–Kier alpha value is -2.30. The summed E-state index contributed by atoms with van der Waals surface area (Å²) in [6.07, 6.45) is 0.